The first-order valence-electron chi connectivity index (χ1n) is 5.77. The van der Waals surface area contributed by atoms with Crippen LogP contribution in [0, 0.1) is 17.2 Å². The van der Waals surface area contributed by atoms with Crippen LogP contribution in [-0.4, -0.2) is 18.8 Å². The Morgan fingerprint density at radius 3 is 2.56 bits per heavy atom. The Balaban J connectivity index is 1.83. The van der Waals surface area contributed by atoms with Gasteiger partial charge in [0.25, 0.3) is 0 Å². The van der Waals surface area contributed by atoms with E-state index in [1.807, 2.05) is 30.3 Å². The first-order valence-corrected chi connectivity index (χ1v) is 5.77. The van der Waals surface area contributed by atoms with E-state index in [0.29, 0.717) is 0 Å². The maximum atomic E-state index is 12.3. The summed E-state index contributed by atoms with van der Waals surface area (Å²) >= 11 is 0. The number of benzene rings is 1. The van der Waals surface area contributed by atoms with Gasteiger partial charge in [0.05, 0.1) is 6.07 Å². The highest BCUT2D eigenvalue weighted by Crippen LogP contribution is 2.40. The SMILES string of the molecule is N#CC(CNC1CC1c1ccccc1)C(F)(F)F. The Morgan fingerprint density at radius 2 is 2.00 bits per heavy atom. The quantitative estimate of drug-likeness (QED) is 0.896. The van der Waals surface area contributed by atoms with E-state index in [-0.39, 0.29) is 18.5 Å². The molecule has 1 saturated carbocycles. The second-order valence-electron chi connectivity index (χ2n) is 4.49. The van der Waals surface area contributed by atoms with Gasteiger partial charge in [0.2, 0.25) is 0 Å². The first kappa shape index (κ1) is 12.9. The van der Waals surface area contributed by atoms with Gasteiger partial charge in [0.15, 0.2) is 5.92 Å². The van der Waals surface area contributed by atoms with Crippen molar-refractivity contribution in [1.82, 2.24) is 5.32 Å². The van der Waals surface area contributed by atoms with Crippen molar-refractivity contribution >= 4 is 0 Å². The zero-order valence-corrected chi connectivity index (χ0v) is 9.61. The molecule has 0 aromatic heterocycles. The van der Waals surface area contributed by atoms with E-state index < -0.39 is 12.1 Å². The van der Waals surface area contributed by atoms with Gasteiger partial charge in [-0.3, -0.25) is 0 Å². The van der Waals surface area contributed by atoms with Crippen molar-refractivity contribution in [3.05, 3.63) is 35.9 Å². The van der Waals surface area contributed by atoms with Gasteiger partial charge < -0.3 is 5.32 Å². The molecule has 0 amide bonds. The second-order valence-corrected chi connectivity index (χ2v) is 4.49. The minimum Gasteiger partial charge on any atom is -0.312 e. The monoisotopic (exact) mass is 254 g/mol. The van der Waals surface area contributed by atoms with E-state index >= 15 is 0 Å². The lowest BCUT2D eigenvalue weighted by Gasteiger charge is -2.13. The number of rotatable bonds is 4. The number of halogens is 3. The molecule has 0 aliphatic heterocycles. The van der Waals surface area contributed by atoms with Crippen molar-refractivity contribution < 1.29 is 13.2 Å². The summed E-state index contributed by atoms with van der Waals surface area (Å²) in [6.07, 6.45) is -3.61. The highest BCUT2D eigenvalue weighted by atomic mass is 19.4. The van der Waals surface area contributed by atoms with Crippen LogP contribution in [0.5, 0.6) is 0 Å². The number of alkyl halides is 3. The molecule has 5 heteroatoms. The minimum atomic E-state index is -4.45. The Hall–Kier alpha value is -1.54. The van der Waals surface area contributed by atoms with Crippen LogP contribution in [-0.2, 0) is 0 Å². The summed E-state index contributed by atoms with van der Waals surface area (Å²) in [5.41, 5.74) is 1.13. The van der Waals surface area contributed by atoms with Crippen molar-refractivity contribution in [2.75, 3.05) is 6.54 Å². The van der Waals surface area contributed by atoms with Gasteiger partial charge in [-0.2, -0.15) is 18.4 Å². The van der Waals surface area contributed by atoms with Crippen LogP contribution in [0.15, 0.2) is 30.3 Å². The molecule has 1 aromatic carbocycles. The summed E-state index contributed by atoms with van der Waals surface area (Å²) in [5.74, 6) is -1.65. The lowest BCUT2D eigenvalue weighted by molar-refractivity contribution is -0.157. The fourth-order valence-electron chi connectivity index (χ4n) is 1.99. The maximum absolute atomic E-state index is 12.3. The molecule has 0 saturated heterocycles. The van der Waals surface area contributed by atoms with Crippen LogP contribution in [0.2, 0.25) is 0 Å². The molecular formula is C13H13F3N2. The van der Waals surface area contributed by atoms with Crippen LogP contribution < -0.4 is 5.32 Å². The van der Waals surface area contributed by atoms with Gasteiger partial charge >= 0.3 is 6.18 Å². The van der Waals surface area contributed by atoms with Crippen molar-refractivity contribution in [3.63, 3.8) is 0 Å². The molecule has 0 radical (unpaired) electrons. The van der Waals surface area contributed by atoms with Crippen molar-refractivity contribution in [3.8, 4) is 6.07 Å². The zero-order chi connectivity index (χ0) is 13.2. The van der Waals surface area contributed by atoms with Crippen LogP contribution in [0.25, 0.3) is 0 Å². The van der Waals surface area contributed by atoms with Crippen LogP contribution in [0.1, 0.15) is 17.9 Å². The summed E-state index contributed by atoms with van der Waals surface area (Å²) < 4.78 is 37.0. The van der Waals surface area contributed by atoms with E-state index in [4.69, 9.17) is 5.26 Å². The molecule has 1 N–H and O–H groups in total. The Kier molecular flexibility index (Phi) is 3.58. The molecule has 2 nitrogen and oxygen atoms in total. The van der Waals surface area contributed by atoms with E-state index in [1.54, 1.807) is 0 Å². The molecular weight excluding hydrogens is 241 g/mol. The molecule has 1 aromatic rings. The highest BCUT2D eigenvalue weighted by molar-refractivity contribution is 5.27. The van der Waals surface area contributed by atoms with Gasteiger partial charge in [-0.05, 0) is 12.0 Å². The van der Waals surface area contributed by atoms with Crippen molar-refractivity contribution in [1.29, 1.82) is 5.26 Å². The van der Waals surface area contributed by atoms with Gasteiger partial charge in [-0.25, -0.2) is 0 Å². The summed E-state index contributed by atoms with van der Waals surface area (Å²) in [4.78, 5) is 0. The number of nitriles is 1. The molecule has 0 heterocycles. The lowest BCUT2D eigenvalue weighted by Crippen LogP contribution is -2.33. The largest absolute Gasteiger partial charge is 0.405 e. The molecule has 1 aliphatic rings. The summed E-state index contributed by atoms with van der Waals surface area (Å²) in [6, 6.07) is 11.0. The van der Waals surface area contributed by atoms with E-state index in [0.717, 1.165) is 12.0 Å². The molecule has 0 spiro atoms. The fraction of sp³-hybridized carbons (Fsp3) is 0.462. The third-order valence-electron chi connectivity index (χ3n) is 3.15. The van der Waals surface area contributed by atoms with E-state index in [9.17, 15) is 13.2 Å². The van der Waals surface area contributed by atoms with Crippen LogP contribution in [0.4, 0.5) is 13.2 Å². The predicted molar refractivity (Wildman–Crippen MR) is 60.7 cm³/mol. The highest BCUT2D eigenvalue weighted by Gasteiger charge is 2.43. The Labute approximate surface area is 103 Å². The van der Waals surface area contributed by atoms with Gasteiger partial charge in [0.1, 0.15) is 0 Å². The molecule has 18 heavy (non-hydrogen) atoms. The normalized spacial score (nSPS) is 24.3. The lowest BCUT2D eigenvalue weighted by atomic mass is 10.1. The number of nitrogens with one attached hydrogen (secondary N) is 1. The summed E-state index contributed by atoms with van der Waals surface area (Å²) in [7, 11) is 0. The smallest absolute Gasteiger partial charge is 0.312 e. The molecule has 0 bridgehead atoms. The van der Waals surface area contributed by atoms with Crippen LogP contribution >= 0.6 is 0 Å². The van der Waals surface area contributed by atoms with Gasteiger partial charge in [-0.15, -0.1) is 0 Å². The minimum absolute atomic E-state index is 0.0607. The maximum Gasteiger partial charge on any atom is 0.405 e. The third kappa shape index (κ3) is 3.02. The average Bonchev–Trinajstić information content (AvgIpc) is 3.09. The summed E-state index contributed by atoms with van der Waals surface area (Å²) in [5, 5.41) is 11.3. The average molecular weight is 254 g/mol. The number of hydrogen-bond acceptors (Lipinski definition) is 2. The fourth-order valence-corrected chi connectivity index (χ4v) is 1.99. The summed E-state index contributed by atoms with van der Waals surface area (Å²) in [6.45, 7) is -0.325. The topological polar surface area (TPSA) is 35.8 Å². The van der Waals surface area contributed by atoms with Gasteiger partial charge in [0, 0.05) is 18.5 Å². The third-order valence-corrected chi connectivity index (χ3v) is 3.15. The zero-order valence-electron chi connectivity index (χ0n) is 9.61. The molecule has 1 fully saturated rings. The van der Waals surface area contributed by atoms with Crippen molar-refractivity contribution in [2.45, 2.75) is 24.6 Å². The standard InChI is InChI=1S/C13H13F3N2/c14-13(15,16)10(7-17)8-18-12-6-11(12)9-4-2-1-3-5-9/h1-5,10-12,18H,6,8H2. The Morgan fingerprint density at radius 1 is 1.33 bits per heavy atom. The molecule has 1 aliphatic carbocycles. The molecule has 3 unspecified atom stereocenters. The van der Waals surface area contributed by atoms with Crippen molar-refractivity contribution in [2.24, 2.45) is 5.92 Å². The van der Waals surface area contributed by atoms with Gasteiger partial charge in [-0.1, -0.05) is 30.3 Å². The van der Waals surface area contributed by atoms with E-state index in [1.165, 1.54) is 6.07 Å². The first-order chi connectivity index (χ1) is 8.52. The van der Waals surface area contributed by atoms with Crippen LogP contribution in [0.3, 0.4) is 0 Å². The van der Waals surface area contributed by atoms with E-state index in [2.05, 4.69) is 5.32 Å². The molecule has 2 rings (SSSR count). The predicted octanol–water partition coefficient (Wildman–Crippen LogP) is 2.83. The molecule has 96 valence electrons. The number of nitrogens with zero attached hydrogens (tertiary/aromatic N) is 1. The number of hydrogen-bond donors (Lipinski definition) is 1. The Bertz CT molecular complexity index is 436. The second kappa shape index (κ2) is 4.99. The molecule has 3 atom stereocenters.